The lowest BCUT2D eigenvalue weighted by Gasteiger charge is -2.21. The summed E-state index contributed by atoms with van der Waals surface area (Å²) in [6, 6.07) is 8.37. The fraction of sp³-hybridized carbons (Fsp3) is 0.278. The van der Waals surface area contributed by atoms with E-state index in [2.05, 4.69) is 0 Å². The summed E-state index contributed by atoms with van der Waals surface area (Å²) in [5, 5.41) is 0.786. The van der Waals surface area contributed by atoms with E-state index in [1.807, 2.05) is 6.07 Å². The third-order valence-corrected chi connectivity index (χ3v) is 4.25. The molecule has 0 bridgehead atoms. The van der Waals surface area contributed by atoms with Crippen molar-refractivity contribution in [2.75, 3.05) is 28.4 Å². The van der Waals surface area contributed by atoms with E-state index >= 15 is 0 Å². The van der Waals surface area contributed by atoms with Gasteiger partial charge in [0.25, 0.3) is 5.91 Å². The Hall–Kier alpha value is -2.11. The molecule has 1 amide bonds. The van der Waals surface area contributed by atoms with E-state index in [0.717, 1.165) is 5.56 Å². The van der Waals surface area contributed by atoms with Crippen LogP contribution >= 0.6 is 23.2 Å². The predicted molar refractivity (Wildman–Crippen MR) is 98.4 cm³/mol. The number of amides is 1. The van der Waals surface area contributed by atoms with Gasteiger partial charge in [-0.1, -0.05) is 23.2 Å². The van der Waals surface area contributed by atoms with Crippen LogP contribution in [0.3, 0.4) is 0 Å². The number of hydrogen-bond donors (Lipinski definition) is 0. The summed E-state index contributed by atoms with van der Waals surface area (Å²) in [7, 11) is 6.31. The highest BCUT2D eigenvalue weighted by molar-refractivity contribution is 6.36. The van der Waals surface area contributed by atoms with Gasteiger partial charge in [0, 0.05) is 24.2 Å². The lowest BCUT2D eigenvalue weighted by molar-refractivity contribution is 0.0784. The second-order valence-electron chi connectivity index (χ2n) is 5.28. The molecule has 25 heavy (non-hydrogen) atoms. The lowest BCUT2D eigenvalue weighted by atomic mass is 10.1. The van der Waals surface area contributed by atoms with Gasteiger partial charge >= 0.3 is 0 Å². The third-order valence-electron chi connectivity index (χ3n) is 3.70. The van der Waals surface area contributed by atoms with Crippen molar-refractivity contribution in [2.24, 2.45) is 0 Å². The van der Waals surface area contributed by atoms with Gasteiger partial charge in [-0.2, -0.15) is 0 Å². The number of carbonyl (C=O) groups excluding carboxylic acids is 1. The molecule has 0 atom stereocenters. The van der Waals surface area contributed by atoms with E-state index in [1.165, 1.54) is 7.11 Å². The molecular formula is C18H19Cl2NO4. The Kier molecular flexibility index (Phi) is 6.39. The summed E-state index contributed by atoms with van der Waals surface area (Å²) in [5.41, 5.74) is 1.16. The van der Waals surface area contributed by atoms with E-state index in [1.54, 1.807) is 50.4 Å². The lowest BCUT2D eigenvalue weighted by Crippen LogP contribution is -2.26. The topological polar surface area (TPSA) is 48.0 Å². The highest BCUT2D eigenvalue weighted by Gasteiger charge is 2.20. The Morgan fingerprint density at radius 3 is 2.24 bits per heavy atom. The second-order valence-corrected chi connectivity index (χ2v) is 6.12. The number of halogens is 2. The molecule has 0 unspecified atom stereocenters. The molecule has 2 aromatic carbocycles. The van der Waals surface area contributed by atoms with Gasteiger partial charge in [0.1, 0.15) is 0 Å². The minimum atomic E-state index is -0.224. The van der Waals surface area contributed by atoms with Crippen LogP contribution in [-0.2, 0) is 6.54 Å². The molecule has 0 saturated carbocycles. The molecule has 0 fully saturated rings. The van der Waals surface area contributed by atoms with Gasteiger partial charge in [0.15, 0.2) is 11.5 Å². The Morgan fingerprint density at radius 2 is 1.68 bits per heavy atom. The first-order valence-corrected chi connectivity index (χ1v) is 8.16. The molecule has 0 aromatic heterocycles. The maximum atomic E-state index is 12.7. The number of nitrogens with zero attached hydrogens (tertiary/aromatic N) is 1. The molecule has 0 spiro atoms. The zero-order valence-corrected chi connectivity index (χ0v) is 15.9. The highest BCUT2D eigenvalue weighted by Crippen LogP contribution is 2.40. The molecule has 0 N–H and O–H groups in total. The van der Waals surface area contributed by atoms with Crippen LogP contribution in [0.25, 0.3) is 0 Å². The van der Waals surface area contributed by atoms with Crippen molar-refractivity contribution >= 4 is 29.1 Å². The largest absolute Gasteiger partial charge is 0.493 e. The molecule has 5 nitrogen and oxygen atoms in total. The normalized spacial score (nSPS) is 10.3. The summed E-state index contributed by atoms with van der Waals surface area (Å²) in [4.78, 5) is 14.2. The predicted octanol–water partition coefficient (Wildman–Crippen LogP) is 4.29. The van der Waals surface area contributed by atoms with Crippen LogP contribution < -0.4 is 14.2 Å². The van der Waals surface area contributed by atoms with Crippen LogP contribution in [0.2, 0.25) is 10.0 Å². The summed E-state index contributed by atoms with van der Waals surface area (Å²) >= 11 is 12.0. The molecule has 0 aliphatic heterocycles. The molecule has 2 aromatic rings. The number of methoxy groups -OCH3 is 3. The van der Waals surface area contributed by atoms with Crippen LogP contribution in [0, 0.1) is 0 Å². The van der Waals surface area contributed by atoms with E-state index in [0.29, 0.717) is 39.4 Å². The maximum Gasteiger partial charge on any atom is 0.255 e. The average molecular weight is 384 g/mol. The number of carbonyl (C=O) groups is 1. The Balaban J connectivity index is 2.31. The molecular weight excluding hydrogens is 365 g/mol. The standard InChI is InChI=1S/C18H19Cl2NO4/c1-21(18(22)13-7-6-12(19)9-14(13)20)10-11-5-8-15(23-2)17(25-4)16(11)24-3/h5-9H,10H2,1-4H3. The fourth-order valence-electron chi connectivity index (χ4n) is 2.48. The Morgan fingerprint density at radius 1 is 1.00 bits per heavy atom. The molecule has 0 radical (unpaired) electrons. The SMILES string of the molecule is COc1ccc(CN(C)C(=O)c2ccc(Cl)cc2Cl)c(OC)c1OC. The van der Waals surface area contributed by atoms with Crippen molar-refractivity contribution in [3.8, 4) is 17.2 Å². The number of ether oxygens (including phenoxy) is 3. The van der Waals surface area contributed by atoms with E-state index < -0.39 is 0 Å². The average Bonchev–Trinajstić information content (AvgIpc) is 2.60. The first-order valence-electron chi connectivity index (χ1n) is 7.41. The Bertz CT molecular complexity index is 780. The Labute approximate surface area is 157 Å². The molecule has 134 valence electrons. The van der Waals surface area contributed by atoms with Gasteiger partial charge in [-0.25, -0.2) is 0 Å². The summed E-state index contributed by atoms with van der Waals surface area (Å²) in [6.07, 6.45) is 0. The van der Waals surface area contributed by atoms with Crippen molar-refractivity contribution in [1.29, 1.82) is 0 Å². The van der Waals surface area contributed by atoms with Crippen molar-refractivity contribution in [1.82, 2.24) is 4.90 Å². The van der Waals surface area contributed by atoms with Crippen LogP contribution in [0.4, 0.5) is 0 Å². The first kappa shape index (κ1) is 19.2. The quantitative estimate of drug-likeness (QED) is 0.746. The van der Waals surface area contributed by atoms with Gasteiger partial charge in [-0.3, -0.25) is 4.79 Å². The van der Waals surface area contributed by atoms with Crippen LogP contribution in [0.1, 0.15) is 15.9 Å². The molecule has 0 heterocycles. The summed E-state index contributed by atoms with van der Waals surface area (Å²) < 4.78 is 16.1. The minimum absolute atomic E-state index is 0.224. The van der Waals surface area contributed by atoms with E-state index in [4.69, 9.17) is 37.4 Å². The van der Waals surface area contributed by atoms with E-state index in [9.17, 15) is 4.79 Å². The first-order chi connectivity index (χ1) is 11.9. The molecule has 2 rings (SSSR count). The van der Waals surface area contributed by atoms with Crippen molar-refractivity contribution in [3.05, 3.63) is 51.5 Å². The summed E-state index contributed by atoms with van der Waals surface area (Å²) in [5.74, 6) is 1.33. The smallest absolute Gasteiger partial charge is 0.255 e. The van der Waals surface area contributed by atoms with Gasteiger partial charge in [-0.05, 0) is 30.3 Å². The zero-order chi connectivity index (χ0) is 18.6. The van der Waals surface area contributed by atoms with Crippen molar-refractivity contribution in [2.45, 2.75) is 6.54 Å². The number of hydrogen-bond acceptors (Lipinski definition) is 4. The van der Waals surface area contributed by atoms with E-state index in [-0.39, 0.29) is 5.91 Å². The van der Waals surface area contributed by atoms with Crippen LogP contribution in [-0.4, -0.2) is 39.2 Å². The number of rotatable bonds is 6. The van der Waals surface area contributed by atoms with Crippen molar-refractivity contribution in [3.63, 3.8) is 0 Å². The van der Waals surface area contributed by atoms with Crippen LogP contribution in [0.15, 0.2) is 30.3 Å². The summed E-state index contributed by atoms with van der Waals surface area (Å²) in [6.45, 7) is 0.307. The molecule has 0 aliphatic carbocycles. The molecule has 0 saturated heterocycles. The molecule has 0 aliphatic rings. The van der Waals surface area contributed by atoms with Crippen molar-refractivity contribution < 1.29 is 19.0 Å². The second kappa shape index (κ2) is 8.32. The highest BCUT2D eigenvalue weighted by atomic mass is 35.5. The van der Waals surface area contributed by atoms with Gasteiger partial charge < -0.3 is 19.1 Å². The van der Waals surface area contributed by atoms with Gasteiger partial charge in [0.05, 0.1) is 31.9 Å². The monoisotopic (exact) mass is 383 g/mol. The third kappa shape index (κ3) is 4.11. The van der Waals surface area contributed by atoms with Gasteiger partial charge in [0.2, 0.25) is 5.75 Å². The fourth-order valence-corrected chi connectivity index (χ4v) is 2.97. The van der Waals surface area contributed by atoms with Gasteiger partial charge in [-0.15, -0.1) is 0 Å². The minimum Gasteiger partial charge on any atom is -0.493 e. The number of benzene rings is 2. The zero-order valence-electron chi connectivity index (χ0n) is 14.4. The molecule has 7 heteroatoms. The maximum absolute atomic E-state index is 12.7. The van der Waals surface area contributed by atoms with Crippen LogP contribution in [0.5, 0.6) is 17.2 Å².